The molecule has 0 aromatic carbocycles. The fourth-order valence-electron chi connectivity index (χ4n) is 2.79. The van der Waals surface area contributed by atoms with Crippen LogP contribution in [0.3, 0.4) is 0 Å². The third-order valence-electron chi connectivity index (χ3n) is 3.43. The number of likely N-dealkylation sites (N-methyl/N-ethyl adjacent to an activating group) is 1. The van der Waals surface area contributed by atoms with E-state index in [1.54, 1.807) is 0 Å². The van der Waals surface area contributed by atoms with Crippen LogP contribution in [0.1, 0.15) is 26.2 Å². The average Bonchev–Trinajstić information content (AvgIpc) is 2.63. The summed E-state index contributed by atoms with van der Waals surface area (Å²) in [6.07, 6.45) is 3.66. The topological polar surface area (TPSA) is 29.5 Å². The van der Waals surface area contributed by atoms with Crippen LogP contribution in [0.15, 0.2) is 0 Å². The molecule has 1 heterocycles. The number of rotatable bonds is 2. The van der Waals surface area contributed by atoms with Crippen LogP contribution in [-0.2, 0) is 9.53 Å². The zero-order valence-corrected chi connectivity index (χ0v) is 8.32. The summed E-state index contributed by atoms with van der Waals surface area (Å²) in [4.78, 5) is 13.8. The van der Waals surface area contributed by atoms with E-state index in [2.05, 4.69) is 4.90 Å². The first kappa shape index (κ1) is 9.00. The summed E-state index contributed by atoms with van der Waals surface area (Å²) in [5.74, 6) is 0.547. The molecule has 2 bridgehead atoms. The molecular formula is C10H17NO2. The fourth-order valence-corrected chi connectivity index (χ4v) is 2.79. The van der Waals surface area contributed by atoms with E-state index in [0.29, 0.717) is 18.6 Å². The first-order valence-corrected chi connectivity index (χ1v) is 5.12. The lowest BCUT2D eigenvalue weighted by molar-refractivity contribution is -0.150. The summed E-state index contributed by atoms with van der Waals surface area (Å²) < 4.78 is 5.07. The Hall–Kier alpha value is -0.570. The summed E-state index contributed by atoms with van der Waals surface area (Å²) in [6, 6.07) is 0.693. The molecule has 1 aliphatic carbocycles. The van der Waals surface area contributed by atoms with Gasteiger partial charge in [-0.05, 0) is 39.2 Å². The van der Waals surface area contributed by atoms with Gasteiger partial charge in [0, 0.05) is 6.04 Å². The Balaban J connectivity index is 2.03. The molecule has 1 aliphatic heterocycles. The molecule has 0 aromatic heterocycles. The minimum Gasteiger partial charge on any atom is -0.465 e. The minimum atomic E-state index is -0.0165. The van der Waals surface area contributed by atoms with Crippen molar-refractivity contribution in [3.05, 3.63) is 0 Å². The average molecular weight is 183 g/mol. The highest BCUT2D eigenvalue weighted by molar-refractivity contribution is 5.77. The molecule has 0 spiro atoms. The molecule has 3 nitrogen and oxygen atoms in total. The van der Waals surface area contributed by atoms with Gasteiger partial charge in [0.05, 0.1) is 6.61 Å². The van der Waals surface area contributed by atoms with Gasteiger partial charge in [0.2, 0.25) is 0 Å². The molecule has 2 rings (SSSR count). The first-order chi connectivity index (χ1) is 6.24. The number of esters is 1. The number of fused-ring (bicyclic) bond motifs is 2. The van der Waals surface area contributed by atoms with E-state index in [-0.39, 0.29) is 12.0 Å². The van der Waals surface area contributed by atoms with Crippen LogP contribution in [0, 0.1) is 5.92 Å². The Labute approximate surface area is 79.0 Å². The fraction of sp³-hybridized carbons (Fsp3) is 0.900. The molecule has 74 valence electrons. The normalized spacial score (nSPS) is 38.2. The van der Waals surface area contributed by atoms with E-state index in [1.807, 2.05) is 14.0 Å². The van der Waals surface area contributed by atoms with E-state index < -0.39 is 0 Å². The highest BCUT2D eigenvalue weighted by Crippen LogP contribution is 2.41. The zero-order valence-electron chi connectivity index (χ0n) is 8.32. The second kappa shape index (κ2) is 3.29. The molecule has 1 saturated carbocycles. The number of carbonyl (C=O) groups is 1. The van der Waals surface area contributed by atoms with E-state index in [0.717, 1.165) is 0 Å². The second-order valence-corrected chi connectivity index (χ2v) is 4.09. The van der Waals surface area contributed by atoms with Crippen LogP contribution >= 0.6 is 0 Å². The minimum absolute atomic E-state index is 0.0165. The number of piperidine rings is 1. The van der Waals surface area contributed by atoms with Crippen molar-refractivity contribution >= 4 is 5.97 Å². The monoisotopic (exact) mass is 183 g/mol. The van der Waals surface area contributed by atoms with Crippen molar-refractivity contribution in [3.63, 3.8) is 0 Å². The van der Waals surface area contributed by atoms with Crippen molar-refractivity contribution in [2.24, 2.45) is 5.92 Å². The SMILES string of the molecule is CCOC(=O)[C@H]1[C@@H]2CC[C@@H](C2)N1C. The van der Waals surface area contributed by atoms with Crippen molar-refractivity contribution in [1.82, 2.24) is 4.90 Å². The van der Waals surface area contributed by atoms with Gasteiger partial charge in [-0.15, -0.1) is 0 Å². The number of hydrogen-bond acceptors (Lipinski definition) is 3. The van der Waals surface area contributed by atoms with Crippen LogP contribution in [-0.4, -0.2) is 36.6 Å². The lowest BCUT2D eigenvalue weighted by Crippen LogP contribution is -2.44. The van der Waals surface area contributed by atoms with Gasteiger partial charge in [-0.25, -0.2) is 0 Å². The first-order valence-electron chi connectivity index (χ1n) is 5.12. The number of nitrogens with zero attached hydrogens (tertiary/aromatic N) is 1. The Bertz CT molecular complexity index is 215. The standard InChI is InChI=1S/C10H17NO2/c1-3-13-10(12)9-7-4-5-8(6-7)11(9)2/h7-9H,3-6H2,1-2H3/t7-,8+,9-/m1/s1. The number of likely N-dealkylation sites (tertiary alicyclic amines) is 1. The predicted molar refractivity (Wildman–Crippen MR) is 49.3 cm³/mol. The Morgan fingerprint density at radius 2 is 2.31 bits per heavy atom. The predicted octanol–water partition coefficient (Wildman–Crippen LogP) is 1.03. The van der Waals surface area contributed by atoms with Crippen LogP contribution in [0.25, 0.3) is 0 Å². The number of carbonyl (C=O) groups excluding carboxylic acids is 1. The number of hydrogen-bond donors (Lipinski definition) is 0. The molecule has 0 amide bonds. The third kappa shape index (κ3) is 1.35. The van der Waals surface area contributed by atoms with Crippen LogP contribution in [0.5, 0.6) is 0 Å². The van der Waals surface area contributed by atoms with Gasteiger partial charge < -0.3 is 4.74 Å². The van der Waals surface area contributed by atoms with Gasteiger partial charge in [0.15, 0.2) is 0 Å². The Kier molecular flexibility index (Phi) is 2.28. The molecule has 0 unspecified atom stereocenters. The smallest absolute Gasteiger partial charge is 0.323 e. The van der Waals surface area contributed by atoms with Crippen molar-refractivity contribution in [2.45, 2.75) is 38.3 Å². The number of ether oxygens (including phenoxy) is 1. The maximum Gasteiger partial charge on any atom is 0.323 e. The maximum atomic E-state index is 11.6. The molecule has 3 atom stereocenters. The second-order valence-electron chi connectivity index (χ2n) is 4.09. The van der Waals surface area contributed by atoms with Crippen LogP contribution in [0.2, 0.25) is 0 Å². The summed E-state index contributed by atoms with van der Waals surface area (Å²) in [6.45, 7) is 2.37. The largest absolute Gasteiger partial charge is 0.465 e. The lowest BCUT2D eigenvalue weighted by Gasteiger charge is -2.29. The third-order valence-corrected chi connectivity index (χ3v) is 3.43. The van der Waals surface area contributed by atoms with E-state index in [1.165, 1.54) is 19.3 Å². The van der Waals surface area contributed by atoms with Crippen molar-refractivity contribution < 1.29 is 9.53 Å². The zero-order chi connectivity index (χ0) is 9.42. The molecule has 2 aliphatic rings. The molecule has 0 aromatic rings. The Morgan fingerprint density at radius 1 is 1.54 bits per heavy atom. The van der Waals surface area contributed by atoms with Gasteiger partial charge in [-0.2, -0.15) is 0 Å². The van der Waals surface area contributed by atoms with Crippen LogP contribution in [0.4, 0.5) is 0 Å². The summed E-state index contributed by atoms with van der Waals surface area (Å²) in [5.41, 5.74) is 0. The summed E-state index contributed by atoms with van der Waals surface area (Å²) >= 11 is 0. The van der Waals surface area contributed by atoms with Gasteiger partial charge in [0.25, 0.3) is 0 Å². The van der Waals surface area contributed by atoms with Crippen molar-refractivity contribution in [3.8, 4) is 0 Å². The Morgan fingerprint density at radius 3 is 2.85 bits per heavy atom. The molecule has 2 fully saturated rings. The highest BCUT2D eigenvalue weighted by Gasteiger charge is 2.47. The molecule has 0 N–H and O–H groups in total. The highest BCUT2D eigenvalue weighted by atomic mass is 16.5. The van der Waals surface area contributed by atoms with Gasteiger partial charge in [-0.3, -0.25) is 9.69 Å². The summed E-state index contributed by atoms with van der Waals surface area (Å²) in [7, 11) is 2.05. The van der Waals surface area contributed by atoms with Crippen molar-refractivity contribution in [1.29, 1.82) is 0 Å². The van der Waals surface area contributed by atoms with E-state index in [9.17, 15) is 4.79 Å². The lowest BCUT2D eigenvalue weighted by atomic mass is 9.99. The van der Waals surface area contributed by atoms with E-state index >= 15 is 0 Å². The molecule has 0 radical (unpaired) electrons. The maximum absolute atomic E-state index is 11.6. The quantitative estimate of drug-likeness (QED) is 0.599. The van der Waals surface area contributed by atoms with Gasteiger partial charge >= 0.3 is 5.97 Å². The summed E-state index contributed by atoms with van der Waals surface area (Å²) in [5, 5.41) is 0. The van der Waals surface area contributed by atoms with Crippen LogP contribution < -0.4 is 0 Å². The van der Waals surface area contributed by atoms with Crippen molar-refractivity contribution in [2.75, 3.05) is 13.7 Å². The molecule has 1 saturated heterocycles. The van der Waals surface area contributed by atoms with Gasteiger partial charge in [-0.1, -0.05) is 0 Å². The molecule has 13 heavy (non-hydrogen) atoms. The molecule has 3 heteroatoms. The molecular weight excluding hydrogens is 166 g/mol. The van der Waals surface area contributed by atoms with E-state index in [4.69, 9.17) is 4.74 Å². The van der Waals surface area contributed by atoms with Gasteiger partial charge in [0.1, 0.15) is 6.04 Å².